The molecule has 0 amide bonds. The maximum Gasteiger partial charge on any atom is 0.0409 e. The summed E-state index contributed by atoms with van der Waals surface area (Å²) in [5.74, 6) is 1.72. The highest BCUT2D eigenvalue weighted by Gasteiger charge is 2.56. The van der Waals surface area contributed by atoms with Gasteiger partial charge in [0.2, 0.25) is 0 Å². The quantitative estimate of drug-likeness (QED) is 0.418. The SMILES string of the molecule is Cc1cc(Cl)ccc1-c1ccc2c(c1)C1(CC3CCC1C3)c1ccccc1-2. The van der Waals surface area contributed by atoms with Gasteiger partial charge in [-0.3, -0.25) is 0 Å². The molecule has 0 N–H and O–H groups in total. The Morgan fingerprint density at radius 1 is 0.852 bits per heavy atom. The number of halogens is 1. The number of benzene rings is 3. The second-order valence-corrected chi connectivity index (χ2v) is 9.25. The lowest BCUT2D eigenvalue weighted by atomic mass is 9.66. The highest BCUT2D eigenvalue weighted by molar-refractivity contribution is 6.30. The molecule has 134 valence electrons. The number of fused-ring (bicyclic) bond motifs is 8. The van der Waals surface area contributed by atoms with Crippen molar-refractivity contribution < 1.29 is 0 Å². The standard InChI is InChI=1S/C26H23Cl/c1-16-12-20(27)9-11-21(16)18-7-10-23-22-4-2-3-5-24(22)26(25(23)14-18)15-17-6-8-19(26)13-17/h2-5,7,9-12,14,17,19H,6,8,13,15H2,1H3. The Labute approximate surface area is 166 Å². The average molecular weight is 371 g/mol. The van der Waals surface area contributed by atoms with E-state index >= 15 is 0 Å². The van der Waals surface area contributed by atoms with E-state index in [1.54, 1.807) is 11.1 Å². The van der Waals surface area contributed by atoms with Crippen molar-refractivity contribution in [2.45, 2.75) is 38.0 Å². The van der Waals surface area contributed by atoms with Gasteiger partial charge in [0, 0.05) is 10.4 Å². The highest BCUT2D eigenvalue weighted by atomic mass is 35.5. The minimum Gasteiger partial charge on any atom is -0.0843 e. The van der Waals surface area contributed by atoms with E-state index in [1.165, 1.54) is 53.5 Å². The molecular formula is C26H23Cl. The number of hydrogen-bond donors (Lipinski definition) is 0. The van der Waals surface area contributed by atoms with Gasteiger partial charge < -0.3 is 0 Å². The average Bonchev–Trinajstić information content (AvgIpc) is 3.36. The fourth-order valence-electron chi connectivity index (χ4n) is 6.51. The molecule has 3 unspecified atom stereocenters. The van der Waals surface area contributed by atoms with Crippen LogP contribution in [0.4, 0.5) is 0 Å². The van der Waals surface area contributed by atoms with E-state index in [4.69, 9.17) is 11.6 Å². The molecule has 27 heavy (non-hydrogen) atoms. The molecule has 0 aromatic heterocycles. The van der Waals surface area contributed by atoms with Gasteiger partial charge in [-0.15, -0.1) is 0 Å². The van der Waals surface area contributed by atoms with E-state index in [0.29, 0.717) is 0 Å². The lowest BCUT2D eigenvalue weighted by Gasteiger charge is -2.36. The van der Waals surface area contributed by atoms with Gasteiger partial charge in [-0.2, -0.15) is 0 Å². The molecule has 1 heteroatoms. The topological polar surface area (TPSA) is 0 Å². The molecule has 0 radical (unpaired) electrons. The maximum atomic E-state index is 6.20. The lowest BCUT2D eigenvalue weighted by molar-refractivity contribution is 0.327. The summed E-state index contributed by atoms with van der Waals surface area (Å²) in [6.45, 7) is 2.16. The normalized spacial score (nSPS) is 27.2. The minimum absolute atomic E-state index is 0.255. The van der Waals surface area contributed by atoms with Gasteiger partial charge >= 0.3 is 0 Å². The largest absolute Gasteiger partial charge is 0.0843 e. The van der Waals surface area contributed by atoms with E-state index in [1.807, 2.05) is 6.07 Å². The summed E-state index contributed by atoms with van der Waals surface area (Å²) in [5.41, 5.74) is 10.3. The van der Waals surface area contributed by atoms with Gasteiger partial charge in [0.05, 0.1) is 0 Å². The van der Waals surface area contributed by atoms with Crippen LogP contribution >= 0.6 is 11.6 Å². The fourth-order valence-corrected chi connectivity index (χ4v) is 6.74. The van der Waals surface area contributed by atoms with Crippen molar-refractivity contribution in [1.82, 2.24) is 0 Å². The minimum atomic E-state index is 0.255. The van der Waals surface area contributed by atoms with E-state index in [-0.39, 0.29) is 5.41 Å². The van der Waals surface area contributed by atoms with Crippen molar-refractivity contribution in [3.8, 4) is 22.3 Å². The van der Waals surface area contributed by atoms with Crippen molar-refractivity contribution in [2.75, 3.05) is 0 Å². The summed E-state index contributed by atoms with van der Waals surface area (Å²) in [6, 6.07) is 22.6. The molecular weight excluding hydrogens is 348 g/mol. The third kappa shape index (κ3) is 2.05. The van der Waals surface area contributed by atoms with Crippen LogP contribution < -0.4 is 0 Å². The summed E-state index contributed by atoms with van der Waals surface area (Å²) in [6.07, 6.45) is 5.57. The molecule has 1 spiro atoms. The summed E-state index contributed by atoms with van der Waals surface area (Å²) in [7, 11) is 0. The van der Waals surface area contributed by atoms with Crippen molar-refractivity contribution in [3.63, 3.8) is 0 Å². The molecule has 0 nitrogen and oxygen atoms in total. The monoisotopic (exact) mass is 370 g/mol. The zero-order valence-electron chi connectivity index (χ0n) is 15.6. The molecule has 2 fully saturated rings. The molecule has 3 aromatic carbocycles. The fraction of sp³-hybridized carbons (Fsp3) is 0.308. The molecule has 2 saturated carbocycles. The lowest BCUT2D eigenvalue weighted by Crippen LogP contribution is -2.31. The van der Waals surface area contributed by atoms with Crippen molar-refractivity contribution in [2.24, 2.45) is 11.8 Å². The van der Waals surface area contributed by atoms with Crippen LogP contribution in [0.1, 0.15) is 42.4 Å². The van der Waals surface area contributed by atoms with Gasteiger partial charge in [0.15, 0.2) is 0 Å². The van der Waals surface area contributed by atoms with Crippen molar-refractivity contribution in [3.05, 3.63) is 82.4 Å². The Morgan fingerprint density at radius 2 is 1.67 bits per heavy atom. The van der Waals surface area contributed by atoms with E-state index < -0.39 is 0 Å². The van der Waals surface area contributed by atoms with Crippen LogP contribution in [0.25, 0.3) is 22.3 Å². The zero-order valence-corrected chi connectivity index (χ0v) is 16.4. The smallest absolute Gasteiger partial charge is 0.0409 e. The third-order valence-corrected chi connectivity index (χ3v) is 7.78. The molecule has 6 rings (SSSR count). The summed E-state index contributed by atoms with van der Waals surface area (Å²) in [5, 5.41) is 0.814. The van der Waals surface area contributed by atoms with Gasteiger partial charge in [0.1, 0.15) is 0 Å². The van der Waals surface area contributed by atoms with Crippen LogP contribution in [-0.2, 0) is 5.41 Å². The molecule has 3 aromatic rings. The van der Waals surface area contributed by atoms with Crippen LogP contribution in [0.5, 0.6) is 0 Å². The Hall–Kier alpha value is -2.05. The van der Waals surface area contributed by atoms with Crippen molar-refractivity contribution >= 4 is 11.6 Å². The van der Waals surface area contributed by atoms with Gasteiger partial charge in [-0.05, 0) is 95.2 Å². The first-order valence-corrected chi connectivity index (χ1v) is 10.6. The Morgan fingerprint density at radius 3 is 2.44 bits per heavy atom. The van der Waals surface area contributed by atoms with Gasteiger partial charge in [0.25, 0.3) is 0 Å². The Balaban J connectivity index is 1.59. The molecule has 3 atom stereocenters. The molecule has 0 saturated heterocycles. The van der Waals surface area contributed by atoms with Crippen LogP contribution in [0.3, 0.4) is 0 Å². The predicted molar refractivity (Wildman–Crippen MR) is 113 cm³/mol. The number of rotatable bonds is 1. The molecule has 0 heterocycles. The van der Waals surface area contributed by atoms with Crippen LogP contribution in [0, 0.1) is 18.8 Å². The second kappa shape index (κ2) is 5.49. The first kappa shape index (κ1) is 16.0. The first-order chi connectivity index (χ1) is 13.2. The summed E-state index contributed by atoms with van der Waals surface area (Å²) < 4.78 is 0. The zero-order chi connectivity index (χ0) is 18.2. The predicted octanol–water partition coefficient (Wildman–Crippen LogP) is 7.40. The van der Waals surface area contributed by atoms with Crippen LogP contribution in [0.2, 0.25) is 5.02 Å². The second-order valence-electron chi connectivity index (χ2n) is 8.82. The van der Waals surface area contributed by atoms with E-state index in [0.717, 1.165) is 16.9 Å². The van der Waals surface area contributed by atoms with E-state index in [2.05, 4.69) is 61.5 Å². The third-order valence-electron chi connectivity index (χ3n) is 7.55. The number of aryl methyl sites for hydroxylation is 1. The van der Waals surface area contributed by atoms with Crippen LogP contribution in [0.15, 0.2) is 60.7 Å². The maximum absolute atomic E-state index is 6.20. The number of hydrogen-bond acceptors (Lipinski definition) is 0. The van der Waals surface area contributed by atoms with Gasteiger partial charge in [-0.25, -0.2) is 0 Å². The summed E-state index contributed by atoms with van der Waals surface area (Å²) >= 11 is 6.20. The molecule has 0 aliphatic heterocycles. The van der Waals surface area contributed by atoms with Crippen LogP contribution in [-0.4, -0.2) is 0 Å². The van der Waals surface area contributed by atoms with Crippen molar-refractivity contribution in [1.29, 1.82) is 0 Å². The molecule has 3 aliphatic rings. The Bertz CT molecular complexity index is 1080. The Kier molecular flexibility index (Phi) is 3.24. The molecule has 3 aliphatic carbocycles. The van der Waals surface area contributed by atoms with E-state index in [9.17, 15) is 0 Å². The molecule has 2 bridgehead atoms. The summed E-state index contributed by atoms with van der Waals surface area (Å²) in [4.78, 5) is 0. The highest BCUT2D eigenvalue weighted by Crippen LogP contribution is 2.65. The first-order valence-electron chi connectivity index (χ1n) is 10.2. The van der Waals surface area contributed by atoms with Gasteiger partial charge in [-0.1, -0.05) is 60.5 Å².